The number of nitrogens with one attached hydrogen (secondary N) is 3. The maximum absolute atomic E-state index is 13.7. The molecule has 1 aliphatic rings. The molecule has 2 aromatic carbocycles. The Kier molecular flexibility index (Phi) is 5.32. The minimum atomic E-state index is -0.881. The number of hydrogen-bond donors (Lipinski definition) is 3. The van der Waals surface area contributed by atoms with Crippen LogP contribution < -0.4 is 20.7 Å². The summed E-state index contributed by atoms with van der Waals surface area (Å²) in [6.45, 7) is 3.78. The zero-order valence-electron chi connectivity index (χ0n) is 14.4. The molecule has 2 aromatic rings. The standard InChI is InChI=1S/C19H17ClFN3O3/c1-10-16(18(25)23-14-9-12(20)6-7-15(14)27-2)17(24-19(26)22-10)11-4-3-5-13(21)8-11/h3-9,16-17H,1H2,2H3,(H,23,25)(H2,22,24,26)/t16-,17+/m0/s1. The predicted octanol–water partition coefficient (Wildman–Crippen LogP) is 3.61. The van der Waals surface area contributed by atoms with E-state index in [0.717, 1.165) is 0 Å². The van der Waals surface area contributed by atoms with E-state index in [2.05, 4.69) is 22.5 Å². The third kappa shape index (κ3) is 4.03. The third-order valence-electron chi connectivity index (χ3n) is 4.18. The number of benzene rings is 2. The number of urea groups is 1. The second kappa shape index (κ2) is 7.67. The van der Waals surface area contributed by atoms with E-state index in [9.17, 15) is 14.0 Å². The Bertz CT molecular complexity index is 919. The Balaban J connectivity index is 1.93. The summed E-state index contributed by atoms with van der Waals surface area (Å²) >= 11 is 6.00. The molecule has 6 nitrogen and oxygen atoms in total. The number of carbonyl (C=O) groups is 2. The summed E-state index contributed by atoms with van der Waals surface area (Å²) in [4.78, 5) is 24.8. The molecule has 0 saturated carbocycles. The molecule has 140 valence electrons. The van der Waals surface area contributed by atoms with Crippen molar-refractivity contribution in [1.29, 1.82) is 0 Å². The molecular formula is C19H17ClFN3O3. The fourth-order valence-corrected chi connectivity index (χ4v) is 3.13. The van der Waals surface area contributed by atoms with E-state index in [1.165, 1.54) is 25.3 Å². The topological polar surface area (TPSA) is 79.5 Å². The van der Waals surface area contributed by atoms with Crippen LogP contribution in [0.3, 0.4) is 0 Å². The fraction of sp³-hybridized carbons (Fsp3) is 0.158. The SMILES string of the molecule is C=C1NC(=O)N[C@H](c2cccc(F)c2)[C@H]1C(=O)Nc1cc(Cl)ccc1OC. The van der Waals surface area contributed by atoms with Gasteiger partial charge < -0.3 is 20.7 Å². The first-order valence-electron chi connectivity index (χ1n) is 8.05. The molecule has 0 unspecified atom stereocenters. The van der Waals surface area contributed by atoms with Gasteiger partial charge in [-0.3, -0.25) is 4.79 Å². The van der Waals surface area contributed by atoms with Gasteiger partial charge in [0, 0.05) is 10.7 Å². The summed E-state index contributed by atoms with van der Waals surface area (Å²) in [6, 6.07) is 9.20. The highest BCUT2D eigenvalue weighted by Gasteiger charge is 2.38. The van der Waals surface area contributed by atoms with Gasteiger partial charge in [-0.1, -0.05) is 30.3 Å². The van der Waals surface area contributed by atoms with Crippen molar-refractivity contribution in [2.75, 3.05) is 12.4 Å². The number of carbonyl (C=O) groups excluding carboxylic acids is 2. The van der Waals surface area contributed by atoms with Crippen molar-refractivity contribution in [3.63, 3.8) is 0 Å². The third-order valence-corrected chi connectivity index (χ3v) is 4.41. The molecule has 3 amide bonds. The van der Waals surface area contributed by atoms with Crippen molar-refractivity contribution in [1.82, 2.24) is 10.6 Å². The minimum Gasteiger partial charge on any atom is -0.495 e. The summed E-state index contributed by atoms with van der Waals surface area (Å²) < 4.78 is 18.9. The highest BCUT2D eigenvalue weighted by molar-refractivity contribution is 6.31. The van der Waals surface area contributed by atoms with E-state index in [4.69, 9.17) is 16.3 Å². The Labute approximate surface area is 160 Å². The van der Waals surface area contributed by atoms with E-state index >= 15 is 0 Å². The van der Waals surface area contributed by atoms with E-state index < -0.39 is 29.7 Å². The molecule has 1 heterocycles. The summed E-state index contributed by atoms with van der Waals surface area (Å²) in [5.74, 6) is -1.38. The number of anilines is 1. The van der Waals surface area contributed by atoms with Crippen molar-refractivity contribution in [2.24, 2.45) is 5.92 Å². The summed E-state index contributed by atoms with van der Waals surface area (Å²) in [7, 11) is 1.47. The maximum Gasteiger partial charge on any atom is 0.319 e. The van der Waals surface area contributed by atoms with Crippen LogP contribution >= 0.6 is 11.6 Å². The predicted molar refractivity (Wildman–Crippen MR) is 100 cm³/mol. The largest absolute Gasteiger partial charge is 0.495 e. The molecule has 0 spiro atoms. The van der Waals surface area contributed by atoms with Crippen LogP contribution in [-0.2, 0) is 4.79 Å². The van der Waals surface area contributed by atoms with Gasteiger partial charge >= 0.3 is 6.03 Å². The van der Waals surface area contributed by atoms with Crippen molar-refractivity contribution in [2.45, 2.75) is 6.04 Å². The highest BCUT2D eigenvalue weighted by atomic mass is 35.5. The lowest BCUT2D eigenvalue weighted by Crippen LogP contribution is -2.51. The van der Waals surface area contributed by atoms with Crippen molar-refractivity contribution < 1.29 is 18.7 Å². The van der Waals surface area contributed by atoms with Crippen LogP contribution in [0.4, 0.5) is 14.9 Å². The lowest BCUT2D eigenvalue weighted by Gasteiger charge is -2.34. The van der Waals surface area contributed by atoms with Gasteiger partial charge in [-0.15, -0.1) is 0 Å². The van der Waals surface area contributed by atoms with Gasteiger partial charge in [-0.05, 0) is 35.9 Å². The molecule has 0 aliphatic carbocycles. The van der Waals surface area contributed by atoms with Crippen LogP contribution in [0, 0.1) is 11.7 Å². The number of amides is 3. The van der Waals surface area contributed by atoms with Gasteiger partial charge in [-0.25, -0.2) is 9.18 Å². The lowest BCUT2D eigenvalue weighted by molar-refractivity contribution is -0.119. The van der Waals surface area contributed by atoms with Gasteiger partial charge in [0.1, 0.15) is 17.5 Å². The van der Waals surface area contributed by atoms with E-state index in [1.54, 1.807) is 24.3 Å². The lowest BCUT2D eigenvalue weighted by atomic mass is 9.88. The molecular weight excluding hydrogens is 373 g/mol. The average Bonchev–Trinajstić information content (AvgIpc) is 2.61. The van der Waals surface area contributed by atoms with Crippen LogP contribution in [0.5, 0.6) is 5.75 Å². The van der Waals surface area contributed by atoms with Gasteiger partial charge in [-0.2, -0.15) is 0 Å². The van der Waals surface area contributed by atoms with Crippen LogP contribution in [0.1, 0.15) is 11.6 Å². The first-order valence-corrected chi connectivity index (χ1v) is 8.43. The molecule has 3 rings (SSSR count). The molecule has 0 radical (unpaired) electrons. The normalized spacial score (nSPS) is 19.1. The summed E-state index contributed by atoms with van der Waals surface area (Å²) in [6.07, 6.45) is 0. The molecule has 2 atom stereocenters. The van der Waals surface area contributed by atoms with Crippen LogP contribution in [-0.4, -0.2) is 19.0 Å². The Morgan fingerprint density at radius 2 is 2.07 bits per heavy atom. The highest BCUT2D eigenvalue weighted by Crippen LogP contribution is 2.33. The van der Waals surface area contributed by atoms with Crippen molar-refractivity contribution >= 4 is 29.2 Å². The molecule has 3 N–H and O–H groups in total. The summed E-state index contributed by atoms with van der Waals surface area (Å²) in [5.41, 5.74) is 1.02. The van der Waals surface area contributed by atoms with Crippen LogP contribution in [0.15, 0.2) is 54.7 Å². The van der Waals surface area contributed by atoms with Crippen LogP contribution in [0.25, 0.3) is 0 Å². The Hall–Kier alpha value is -3.06. The fourth-order valence-electron chi connectivity index (χ4n) is 2.96. The quantitative estimate of drug-likeness (QED) is 0.747. The van der Waals surface area contributed by atoms with E-state index in [-0.39, 0.29) is 5.70 Å². The zero-order chi connectivity index (χ0) is 19.6. The summed E-state index contributed by atoms with van der Waals surface area (Å²) in [5, 5.41) is 8.30. The molecule has 27 heavy (non-hydrogen) atoms. The second-order valence-corrected chi connectivity index (χ2v) is 6.40. The van der Waals surface area contributed by atoms with E-state index in [1.807, 2.05) is 0 Å². The van der Waals surface area contributed by atoms with Gasteiger partial charge in [0.2, 0.25) is 5.91 Å². The number of ether oxygens (including phenoxy) is 1. The van der Waals surface area contributed by atoms with Gasteiger partial charge in [0.25, 0.3) is 0 Å². The average molecular weight is 390 g/mol. The Morgan fingerprint density at radius 3 is 2.78 bits per heavy atom. The number of methoxy groups -OCH3 is 1. The Morgan fingerprint density at radius 1 is 1.30 bits per heavy atom. The number of rotatable bonds is 4. The molecule has 1 fully saturated rings. The van der Waals surface area contributed by atoms with Crippen molar-refractivity contribution in [3.8, 4) is 5.75 Å². The molecule has 1 saturated heterocycles. The maximum atomic E-state index is 13.7. The molecule has 0 aromatic heterocycles. The number of hydrogen-bond acceptors (Lipinski definition) is 3. The second-order valence-electron chi connectivity index (χ2n) is 5.97. The molecule has 1 aliphatic heterocycles. The van der Waals surface area contributed by atoms with Crippen molar-refractivity contribution in [3.05, 3.63) is 71.1 Å². The first kappa shape index (κ1) is 18.7. The molecule has 8 heteroatoms. The smallest absolute Gasteiger partial charge is 0.319 e. The van der Waals surface area contributed by atoms with Crippen LogP contribution in [0.2, 0.25) is 5.02 Å². The minimum absolute atomic E-state index is 0.200. The van der Waals surface area contributed by atoms with E-state index in [0.29, 0.717) is 22.0 Å². The first-order chi connectivity index (χ1) is 12.9. The monoisotopic (exact) mass is 389 g/mol. The van der Waals surface area contributed by atoms with Gasteiger partial charge in [0.05, 0.1) is 18.8 Å². The molecule has 0 bridgehead atoms. The van der Waals surface area contributed by atoms with Gasteiger partial charge in [0.15, 0.2) is 0 Å². The number of halogens is 2. The zero-order valence-corrected chi connectivity index (χ0v) is 15.1.